The van der Waals surface area contributed by atoms with Crippen LogP contribution < -0.4 is 10.9 Å². The van der Waals surface area contributed by atoms with E-state index in [1.807, 2.05) is 24.4 Å². The topological polar surface area (TPSA) is 85.3 Å². The molecule has 0 aliphatic rings. The van der Waals surface area contributed by atoms with Crippen molar-refractivity contribution in [3.8, 4) is 11.5 Å². The number of anilines is 1. The van der Waals surface area contributed by atoms with E-state index in [1.165, 1.54) is 21.9 Å². The van der Waals surface area contributed by atoms with Gasteiger partial charge in [-0.05, 0) is 26.0 Å². The van der Waals surface area contributed by atoms with Crippen molar-refractivity contribution >= 4 is 32.8 Å². The Bertz CT molecular complexity index is 1080. The summed E-state index contributed by atoms with van der Waals surface area (Å²) in [5.74, 6) is 1.51. The molecule has 122 valence electrons. The zero-order chi connectivity index (χ0) is 16.7. The number of rotatable bonds is 4. The van der Waals surface area contributed by atoms with Gasteiger partial charge in [-0.3, -0.25) is 4.79 Å². The summed E-state index contributed by atoms with van der Waals surface area (Å²) >= 11 is 2.92. The lowest BCUT2D eigenvalue weighted by atomic mass is 10.3. The maximum Gasteiger partial charge on any atom is 0.275 e. The minimum Gasteiger partial charge on any atom is -0.458 e. The normalized spacial score (nSPS) is 11.2. The van der Waals surface area contributed by atoms with E-state index < -0.39 is 0 Å². The van der Waals surface area contributed by atoms with Crippen molar-refractivity contribution in [1.29, 1.82) is 0 Å². The van der Waals surface area contributed by atoms with Crippen LogP contribution in [0, 0.1) is 13.8 Å². The van der Waals surface area contributed by atoms with Gasteiger partial charge in [-0.1, -0.05) is 11.3 Å². The Morgan fingerprint density at radius 3 is 2.96 bits per heavy atom. The SMILES string of the molecule is Cc1cc(=O)n2nc(NCc3ccc(-c4csc(C)n4)o3)sc2n1. The third-order valence-corrected chi connectivity index (χ3v) is 4.96. The van der Waals surface area contributed by atoms with Crippen molar-refractivity contribution in [2.45, 2.75) is 20.4 Å². The van der Waals surface area contributed by atoms with Crippen LogP contribution in [-0.2, 0) is 6.54 Å². The molecule has 24 heavy (non-hydrogen) atoms. The molecule has 0 saturated heterocycles. The van der Waals surface area contributed by atoms with Crippen molar-refractivity contribution in [3.63, 3.8) is 0 Å². The molecule has 0 aliphatic heterocycles. The highest BCUT2D eigenvalue weighted by Crippen LogP contribution is 2.24. The highest BCUT2D eigenvalue weighted by atomic mass is 32.1. The fraction of sp³-hybridized carbons (Fsp3) is 0.200. The van der Waals surface area contributed by atoms with Crippen molar-refractivity contribution in [2.24, 2.45) is 0 Å². The molecule has 1 N–H and O–H groups in total. The smallest absolute Gasteiger partial charge is 0.275 e. The van der Waals surface area contributed by atoms with Gasteiger partial charge in [0.05, 0.1) is 11.6 Å². The second-order valence-corrected chi connectivity index (χ2v) is 7.23. The van der Waals surface area contributed by atoms with E-state index in [0.29, 0.717) is 22.3 Å². The number of fused-ring (bicyclic) bond motifs is 1. The first-order valence-corrected chi connectivity index (χ1v) is 8.91. The van der Waals surface area contributed by atoms with Crippen LogP contribution in [0.5, 0.6) is 0 Å². The van der Waals surface area contributed by atoms with Crippen molar-refractivity contribution in [3.05, 3.63) is 50.4 Å². The van der Waals surface area contributed by atoms with Gasteiger partial charge >= 0.3 is 0 Å². The fourth-order valence-corrected chi connectivity index (χ4v) is 3.69. The second kappa shape index (κ2) is 5.84. The minimum absolute atomic E-state index is 0.180. The maximum atomic E-state index is 11.9. The van der Waals surface area contributed by atoms with Gasteiger partial charge in [-0.25, -0.2) is 9.97 Å². The van der Waals surface area contributed by atoms with E-state index >= 15 is 0 Å². The zero-order valence-corrected chi connectivity index (χ0v) is 14.6. The van der Waals surface area contributed by atoms with Gasteiger partial charge in [0, 0.05) is 17.1 Å². The molecule has 0 unspecified atom stereocenters. The summed E-state index contributed by atoms with van der Waals surface area (Å²) in [6.45, 7) is 4.22. The molecule has 0 fully saturated rings. The number of nitrogens with one attached hydrogen (secondary N) is 1. The van der Waals surface area contributed by atoms with Gasteiger partial charge in [0.15, 0.2) is 5.76 Å². The van der Waals surface area contributed by atoms with Crippen LogP contribution in [0.2, 0.25) is 0 Å². The van der Waals surface area contributed by atoms with Gasteiger partial charge in [0.25, 0.3) is 5.56 Å². The molecule has 0 radical (unpaired) electrons. The molecule has 9 heteroatoms. The maximum absolute atomic E-state index is 11.9. The summed E-state index contributed by atoms with van der Waals surface area (Å²) in [6.07, 6.45) is 0. The number of nitrogens with zero attached hydrogens (tertiary/aromatic N) is 4. The Labute approximate surface area is 144 Å². The highest BCUT2D eigenvalue weighted by molar-refractivity contribution is 7.20. The van der Waals surface area contributed by atoms with Crippen LogP contribution in [0.1, 0.15) is 16.5 Å². The monoisotopic (exact) mass is 359 g/mol. The average molecular weight is 359 g/mol. The molecule has 0 amide bonds. The lowest BCUT2D eigenvalue weighted by molar-refractivity contribution is 0.529. The van der Waals surface area contributed by atoms with E-state index in [1.54, 1.807) is 18.3 Å². The third kappa shape index (κ3) is 2.83. The molecule has 0 spiro atoms. The summed E-state index contributed by atoms with van der Waals surface area (Å²) in [7, 11) is 0. The van der Waals surface area contributed by atoms with Gasteiger partial charge in [0.1, 0.15) is 11.5 Å². The molecular weight excluding hydrogens is 346 g/mol. The second-order valence-electron chi connectivity index (χ2n) is 5.21. The molecule has 4 rings (SSSR count). The van der Waals surface area contributed by atoms with Crippen molar-refractivity contribution in [1.82, 2.24) is 19.6 Å². The van der Waals surface area contributed by atoms with Crippen LogP contribution >= 0.6 is 22.7 Å². The van der Waals surface area contributed by atoms with Crippen LogP contribution in [0.3, 0.4) is 0 Å². The molecule has 7 nitrogen and oxygen atoms in total. The quantitative estimate of drug-likeness (QED) is 0.603. The summed E-state index contributed by atoms with van der Waals surface area (Å²) in [6, 6.07) is 5.27. The Balaban J connectivity index is 1.52. The molecule has 4 aromatic heterocycles. The summed E-state index contributed by atoms with van der Waals surface area (Å²) in [4.78, 5) is 21.1. The highest BCUT2D eigenvalue weighted by Gasteiger charge is 2.10. The third-order valence-electron chi connectivity index (χ3n) is 3.32. The van der Waals surface area contributed by atoms with Crippen LogP contribution in [-0.4, -0.2) is 19.6 Å². The summed E-state index contributed by atoms with van der Waals surface area (Å²) in [5.41, 5.74) is 1.35. The standard InChI is InChI=1S/C15H13N5O2S2/c1-8-5-13(21)20-15(17-8)24-14(19-20)16-6-10-3-4-12(22-10)11-7-23-9(2)18-11/h3-5,7H,6H2,1-2H3,(H,16,19). The lowest BCUT2D eigenvalue weighted by Crippen LogP contribution is -2.14. The van der Waals surface area contributed by atoms with Crippen LogP contribution in [0.4, 0.5) is 5.13 Å². The van der Waals surface area contributed by atoms with Crippen LogP contribution in [0.15, 0.2) is 32.8 Å². The van der Waals surface area contributed by atoms with E-state index in [0.717, 1.165) is 22.2 Å². The molecular formula is C15H13N5O2S2. The molecule has 0 atom stereocenters. The molecule has 0 aromatic carbocycles. The largest absolute Gasteiger partial charge is 0.458 e. The first-order valence-electron chi connectivity index (χ1n) is 7.21. The number of aryl methyl sites for hydroxylation is 2. The average Bonchev–Trinajstić information content (AvgIpc) is 3.23. The predicted octanol–water partition coefficient (Wildman–Crippen LogP) is 3.10. The Morgan fingerprint density at radius 1 is 1.29 bits per heavy atom. The Morgan fingerprint density at radius 2 is 2.17 bits per heavy atom. The molecule has 0 saturated carbocycles. The number of aromatic nitrogens is 4. The molecule has 0 aliphatic carbocycles. The predicted molar refractivity (Wildman–Crippen MR) is 93.8 cm³/mol. The Hall–Kier alpha value is -2.52. The van der Waals surface area contributed by atoms with E-state index in [2.05, 4.69) is 20.4 Å². The summed E-state index contributed by atoms with van der Waals surface area (Å²) < 4.78 is 7.09. The fourth-order valence-electron chi connectivity index (χ4n) is 2.24. The van der Waals surface area contributed by atoms with Crippen molar-refractivity contribution in [2.75, 3.05) is 5.32 Å². The Kier molecular flexibility index (Phi) is 3.66. The minimum atomic E-state index is -0.180. The zero-order valence-electron chi connectivity index (χ0n) is 12.9. The van der Waals surface area contributed by atoms with Crippen molar-refractivity contribution < 1.29 is 4.42 Å². The van der Waals surface area contributed by atoms with E-state index in [9.17, 15) is 4.79 Å². The molecule has 4 aromatic rings. The van der Waals surface area contributed by atoms with Crippen LogP contribution in [0.25, 0.3) is 16.4 Å². The van der Waals surface area contributed by atoms with E-state index in [4.69, 9.17) is 4.42 Å². The van der Waals surface area contributed by atoms with Gasteiger partial charge in [-0.2, -0.15) is 4.52 Å². The number of furan rings is 1. The number of thiazole rings is 1. The van der Waals surface area contributed by atoms with Gasteiger partial charge in [-0.15, -0.1) is 16.4 Å². The lowest BCUT2D eigenvalue weighted by Gasteiger charge is -1.97. The number of hydrogen-bond acceptors (Lipinski definition) is 8. The molecule has 4 heterocycles. The van der Waals surface area contributed by atoms with Gasteiger partial charge in [0.2, 0.25) is 10.1 Å². The number of hydrogen-bond donors (Lipinski definition) is 1. The molecule has 0 bridgehead atoms. The first kappa shape index (κ1) is 15.0. The van der Waals surface area contributed by atoms with Gasteiger partial charge < -0.3 is 9.73 Å². The van der Waals surface area contributed by atoms with E-state index in [-0.39, 0.29) is 5.56 Å². The summed E-state index contributed by atoms with van der Waals surface area (Å²) in [5, 5.41) is 11.0. The first-order chi connectivity index (χ1) is 11.6.